The average molecular weight is 200 g/mol. The Kier molecular flexibility index (Phi) is 2.17. The van der Waals surface area contributed by atoms with E-state index in [0.29, 0.717) is 5.69 Å². The molecule has 0 radical (unpaired) electrons. The molecule has 0 amide bonds. The first-order valence-corrected chi connectivity index (χ1v) is 3.63. The molecule has 0 spiro atoms. The van der Waals surface area contributed by atoms with E-state index in [-0.39, 0.29) is 0 Å². The van der Waals surface area contributed by atoms with Crippen LogP contribution in [0.25, 0.3) is 0 Å². The van der Waals surface area contributed by atoms with Gasteiger partial charge in [-0.15, -0.1) is 4.91 Å². The van der Waals surface area contributed by atoms with Gasteiger partial charge in [-0.05, 0) is 35.9 Å². The molecular formula is C7H6BrNO. The minimum Gasteiger partial charge on any atom is -0.145 e. The van der Waals surface area contributed by atoms with Gasteiger partial charge in [0.15, 0.2) is 0 Å². The van der Waals surface area contributed by atoms with Gasteiger partial charge in [0.1, 0.15) is 5.69 Å². The van der Waals surface area contributed by atoms with Crippen LogP contribution in [0, 0.1) is 11.8 Å². The summed E-state index contributed by atoms with van der Waals surface area (Å²) in [5, 5.41) is 2.84. The molecule has 0 N–H and O–H groups in total. The normalized spacial score (nSPS) is 9.40. The number of benzene rings is 1. The van der Waals surface area contributed by atoms with Gasteiger partial charge in [-0.25, -0.2) is 0 Å². The van der Waals surface area contributed by atoms with E-state index in [2.05, 4.69) is 21.1 Å². The number of nitrogens with zero attached hydrogens (tertiary/aromatic N) is 1. The summed E-state index contributed by atoms with van der Waals surface area (Å²) in [5.41, 5.74) is 1.40. The molecule has 0 aliphatic carbocycles. The lowest BCUT2D eigenvalue weighted by molar-refractivity contribution is 1.37. The van der Waals surface area contributed by atoms with E-state index in [1.54, 1.807) is 12.1 Å². The number of aryl methyl sites for hydroxylation is 1. The van der Waals surface area contributed by atoms with Crippen LogP contribution in [0.4, 0.5) is 5.69 Å². The van der Waals surface area contributed by atoms with Crippen LogP contribution >= 0.6 is 15.9 Å². The van der Waals surface area contributed by atoms with Crippen LogP contribution in [0.15, 0.2) is 27.8 Å². The molecule has 0 bridgehead atoms. The molecule has 0 saturated carbocycles. The third-order valence-corrected chi connectivity index (χ3v) is 1.75. The van der Waals surface area contributed by atoms with E-state index < -0.39 is 0 Å². The third-order valence-electron chi connectivity index (χ3n) is 1.26. The van der Waals surface area contributed by atoms with Crippen LogP contribution in [0.3, 0.4) is 0 Å². The molecule has 0 unspecified atom stereocenters. The fourth-order valence-corrected chi connectivity index (χ4v) is 1.20. The molecule has 1 aromatic rings. The first kappa shape index (κ1) is 7.41. The van der Waals surface area contributed by atoms with Gasteiger partial charge in [0.2, 0.25) is 0 Å². The predicted molar refractivity (Wildman–Crippen MR) is 44.3 cm³/mol. The first-order valence-electron chi connectivity index (χ1n) is 2.83. The summed E-state index contributed by atoms with van der Waals surface area (Å²) < 4.78 is 0.970. The molecule has 0 aliphatic heterocycles. The SMILES string of the molecule is Cc1cc(Br)ccc1N=O. The summed E-state index contributed by atoms with van der Waals surface area (Å²) in [6, 6.07) is 5.34. The van der Waals surface area contributed by atoms with Crippen LogP contribution < -0.4 is 0 Å². The van der Waals surface area contributed by atoms with Crippen molar-refractivity contribution in [3.8, 4) is 0 Å². The molecule has 1 rings (SSSR count). The highest BCUT2D eigenvalue weighted by atomic mass is 79.9. The zero-order chi connectivity index (χ0) is 7.56. The maximum Gasteiger partial charge on any atom is 0.110 e. The van der Waals surface area contributed by atoms with Gasteiger partial charge in [0, 0.05) is 4.47 Å². The van der Waals surface area contributed by atoms with E-state index in [1.807, 2.05) is 13.0 Å². The van der Waals surface area contributed by atoms with Gasteiger partial charge in [-0.1, -0.05) is 15.9 Å². The lowest BCUT2D eigenvalue weighted by atomic mass is 10.2. The molecule has 0 aromatic heterocycles. The molecule has 0 aliphatic rings. The Labute approximate surface area is 67.4 Å². The standard InChI is InChI=1S/C7H6BrNO/c1-5-4-6(8)2-3-7(5)9-10/h2-4H,1H3. The number of hydrogen-bond donors (Lipinski definition) is 0. The minimum absolute atomic E-state index is 0.503. The average Bonchev–Trinajstić information content (AvgIpc) is 1.88. The summed E-state index contributed by atoms with van der Waals surface area (Å²) in [6.07, 6.45) is 0. The van der Waals surface area contributed by atoms with Gasteiger partial charge < -0.3 is 0 Å². The van der Waals surface area contributed by atoms with E-state index in [0.717, 1.165) is 10.0 Å². The molecule has 2 nitrogen and oxygen atoms in total. The topological polar surface area (TPSA) is 29.4 Å². The highest BCUT2D eigenvalue weighted by Crippen LogP contribution is 2.21. The summed E-state index contributed by atoms with van der Waals surface area (Å²) in [5.74, 6) is 0. The lowest BCUT2D eigenvalue weighted by Crippen LogP contribution is -1.72. The van der Waals surface area contributed by atoms with E-state index in [1.165, 1.54) is 0 Å². The van der Waals surface area contributed by atoms with E-state index in [9.17, 15) is 4.91 Å². The molecule has 10 heavy (non-hydrogen) atoms. The van der Waals surface area contributed by atoms with E-state index in [4.69, 9.17) is 0 Å². The Hall–Kier alpha value is -0.700. The van der Waals surface area contributed by atoms with Crippen molar-refractivity contribution in [2.24, 2.45) is 5.18 Å². The number of hydrogen-bond acceptors (Lipinski definition) is 2. The summed E-state index contributed by atoms with van der Waals surface area (Å²) in [4.78, 5) is 10.1. The summed E-state index contributed by atoms with van der Waals surface area (Å²) in [7, 11) is 0. The van der Waals surface area contributed by atoms with Gasteiger partial charge >= 0.3 is 0 Å². The van der Waals surface area contributed by atoms with Crippen LogP contribution in [-0.4, -0.2) is 0 Å². The van der Waals surface area contributed by atoms with E-state index >= 15 is 0 Å². The van der Waals surface area contributed by atoms with Crippen molar-refractivity contribution in [2.75, 3.05) is 0 Å². The zero-order valence-electron chi connectivity index (χ0n) is 5.47. The number of rotatable bonds is 1. The minimum atomic E-state index is 0.503. The Balaban J connectivity index is 3.19. The highest BCUT2D eigenvalue weighted by Gasteiger charge is 1.96. The Bertz CT molecular complexity index is 260. The Morgan fingerprint density at radius 1 is 1.50 bits per heavy atom. The van der Waals surface area contributed by atoms with Crippen molar-refractivity contribution in [1.29, 1.82) is 0 Å². The van der Waals surface area contributed by atoms with Crippen LogP contribution in [0.1, 0.15) is 5.56 Å². The smallest absolute Gasteiger partial charge is 0.110 e. The predicted octanol–water partition coefficient (Wildman–Crippen LogP) is 3.16. The van der Waals surface area contributed by atoms with Gasteiger partial charge in [0.05, 0.1) is 0 Å². The number of halogens is 1. The molecule has 0 fully saturated rings. The van der Waals surface area contributed by atoms with Crippen LogP contribution in [0.2, 0.25) is 0 Å². The fraction of sp³-hybridized carbons (Fsp3) is 0.143. The summed E-state index contributed by atoms with van der Waals surface area (Å²) >= 11 is 3.28. The van der Waals surface area contributed by atoms with Gasteiger partial charge in [0.25, 0.3) is 0 Å². The maximum absolute atomic E-state index is 10.1. The Morgan fingerprint density at radius 3 is 2.70 bits per heavy atom. The first-order chi connectivity index (χ1) is 4.74. The van der Waals surface area contributed by atoms with Crippen molar-refractivity contribution < 1.29 is 0 Å². The van der Waals surface area contributed by atoms with Gasteiger partial charge in [-0.3, -0.25) is 0 Å². The van der Waals surface area contributed by atoms with Crippen molar-refractivity contribution in [3.63, 3.8) is 0 Å². The molecule has 0 saturated heterocycles. The van der Waals surface area contributed by atoms with Crippen LogP contribution in [-0.2, 0) is 0 Å². The quantitative estimate of drug-likeness (QED) is 0.640. The van der Waals surface area contributed by atoms with Gasteiger partial charge in [-0.2, -0.15) is 0 Å². The highest BCUT2D eigenvalue weighted by molar-refractivity contribution is 9.10. The molecule has 0 heterocycles. The lowest BCUT2D eigenvalue weighted by Gasteiger charge is -1.94. The molecule has 1 aromatic carbocycles. The monoisotopic (exact) mass is 199 g/mol. The Morgan fingerprint density at radius 2 is 2.20 bits per heavy atom. The second-order valence-electron chi connectivity index (χ2n) is 2.02. The van der Waals surface area contributed by atoms with Crippen molar-refractivity contribution >= 4 is 21.6 Å². The molecule has 3 heteroatoms. The largest absolute Gasteiger partial charge is 0.145 e. The zero-order valence-corrected chi connectivity index (χ0v) is 7.05. The second-order valence-corrected chi connectivity index (χ2v) is 2.94. The number of nitroso groups, excluding NO2 is 1. The molecule has 0 atom stereocenters. The maximum atomic E-state index is 10.1. The van der Waals surface area contributed by atoms with Crippen LogP contribution in [0.5, 0.6) is 0 Å². The van der Waals surface area contributed by atoms with Crippen molar-refractivity contribution in [2.45, 2.75) is 6.92 Å². The summed E-state index contributed by atoms with van der Waals surface area (Å²) in [6.45, 7) is 1.85. The van der Waals surface area contributed by atoms with Crippen molar-refractivity contribution in [1.82, 2.24) is 0 Å². The molecular weight excluding hydrogens is 194 g/mol. The fourth-order valence-electron chi connectivity index (χ4n) is 0.721. The van der Waals surface area contributed by atoms with Crippen molar-refractivity contribution in [3.05, 3.63) is 33.1 Å². The third kappa shape index (κ3) is 1.42. The molecule has 52 valence electrons. The second kappa shape index (κ2) is 2.92.